The van der Waals surface area contributed by atoms with Crippen LogP contribution in [0.25, 0.3) is 0 Å². The first kappa shape index (κ1) is 52.9. The molecule has 2 aliphatic rings. The molecular weight excluding hydrogens is 825 g/mol. The fourth-order valence-electron chi connectivity index (χ4n) is 2.76. The van der Waals surface area contributed by atoms with Gasteiger partial charge in [0.25, 0.3) is 0 Å². The molecule has 0 aliphatic heterocycles. The molecule has 0 atom stereocenters. The van der Waals surface area contributed by atoms with E-state index in [-0.39, 0.29) is 250 Å². The molecule has 2 rings (SSSR count). The fraction of sp³-hybridized carbons (Fsp3) is 0.562. The van der Waals surface area contributed by atoms with Gasteiger partial charge in [-0.25, -0.2) is 6.32 Å². The van der Waals surface area contributed by atoms with Gasteiger partial charge in [0.1, 0.15) is 0 Å². The van der Waals surface area contributed by atoms with E-state index >= 15 is 0 Å². The monoisotopic (exact) mass is 853 g/mol. The Morgan fingerprint density at radius 3 is 1.75 bits per heavy atom. The summed E-state index contributed by atoms with van der Waals surface area (Å²) in [5, 5.41) is 0. The number of hydrogen-bond donors (Lipinski definition) is 0. The predicted molar refractivity (Wildman–Crippen MR) is 80.7 cm³/mol. The molecule has 0 saturated heterocycles. The van der Waals surface area contributed by atoms with Crippen LogP contribution in [0.4, 0.5) is 0 Å². The van der Waals surface area contributed by atoms with Crippen molar-refractivity contribution in [1.29, 1.82) is 0 Å². The van der Waals surface area contributed by atoms with Crippen LogP contribution in [0.1, 0.15) is 47.0 Å². The summed E-state index contributed by atoms with van der Waals surface area (Å²) in [6.07, 6.45) is 10.6. The summed E-state index contributed by atoms with van der Waals surface area (Å²) < 4.78 is 0. The maximum atomic E-state index is 4.04. The molecule has 7 radical (unpaired) electrons. The molecule has 0 nitrogen and oxygen atoms in total. The van der Waals surface area contributed by atoms with Crippen LogP contribution in [-0.4, -0.2) is 6.71 Å². The molecule has 119 valence electrons. The summed E-state index contributed by atoms with van der Waals surface area (Å²) in [4.78, 5) is 0. The van der Waals surface area contributed by atoms with Crippen LogP contribution in [0.15, 0.2) is 16.6 Å². The molecule has 8 heteroatoms. The van der Waals surface area contributed by atoms with Crippen molar-refractivity contribution >= 4 is 6.71 Å². The SMILES string of the molecule is C.C.[CH2-]CB(C1=[C-]CC2=C(CCC2)C1)C([CH2-])[CH2-].[Y].[Y].[Y].[Y].[Y].[Y].[Y]. The van der Waals surface area contributed by atoms with Crippen molar-refractivity contribution in [3.05, 3.63) is 43.5 Å². The third kappa shape index (κ3) is 17.8. The fourth-order valence-corrected chi connectivity index (χ4v) is 2.76. The first-order valence-electron chi connectivity index (χ1n) is 5.97. The zero-order valence-corrected chi connectivity index (χ0v) is 33.4. The Hall–Kier alpha value is 7.27. The Bertz CT molecular complexity index is 318. The van der Waals surface area contributed by atoms with Crippen LogP contribution < -0.4 is 0 Å². The van der Waals surface area contributed by atoms with E-state index in [2.05, 4.69) is 26.8 Å². The third-order valence-electron chi connectivity index (χ3n) is 3.72. The Balaban J connectivity index is -0.0000000474. The topological polar surface area (TPSA) is 0 Å². The smallest absolute Gasteiger partial charge is 0.0448 e. The van der Waals surface area contributed by atoms with E-state index in [0.717, 1.165) is 19.2 Å². The van der Waals surface area contributed by atoms with Gasteiger partial charge in [-0.1, -0.05) is 32.4 Å². The summed E-state index contributed by atoms with van der Waals surface area (Å²) in [5.41, 5.74) is 4.77. The van der Waals surface area contributed by atoms with E-state index in [9.17, 15) is 0 Å². The summed E-state index contributed by atoms with van der Waals surface area (Å²) in [7, 11) is 0. The van der Waals surface area contributed by atoms with Crippen LogP contribution in [0, 0.1) is 26.8 Å². The molecule has 24 heavy (non-hydrogen) atoms. The van der Waals surface area contributed by atoms with Crippen LogP contribution in [0.5, 0.6) is 0 Å². The largest absolute Gasteiger partial charge is 0.502 e. The third-order valence-corrected chi connectivity index (χ3v) is 3.72. The quantitative estimate of drug-likeness (QED) is 0.210. The molecule has 0 amide bonds. The molecule has 0 aromatic rings. The van der Waals surface area contributed by atoms with Crippen molar-refractivity contribution in [3.63, 3.8) is 0 Å². The molecule has 0 N–H and O–H groups in total. The van der Waals surface area contributed by atoms with Crippen LogP contribution in [-0.2, 0) is 229 Å². The molecule has 0 heterocycles. The second-order valence-corrected chi connectivity index (χ2v) is 4.77. The molecule has 0 aromatic heterocycles. The van der Waals surface area contributed by atoms with Gasteiger partial charge in [-0.05, 0) is 19.3 Å². The van der Waals surface area contributed by atoms with Gasteiger partial charge in [-0.3, -0.25) is 5.47 Å². The van der Waals surface area contributed by atoms with E-state index in [1.807, 2.05) is 0 Å². The van der Waals surface area contributed by atoms with Gasteiger partial charge in [0.15, 0.2) is 0 Å². The van der Waals surface area contributed by atoms with Crippen molar-refractivity contribution in [2.24, 2.45) is 0 Å². The standard InChI is InChI=1S/C14H19B.2CH4.7Y/c1-4-15(11(2)3)14-9-8-12-6-5-7-13(12)10-14;;;;;;;;;/h11H,1-8,10H2;2*1H4;;;;;;;/q-4;;;;;;;;;. The Labute approximate surface area is 329 Å². The molecule has 0 bridgehead atoms. The minimum atomic E-state index is 0. The van der Waals surface area contributed by atoms with Gasteiger partial charge in [0.2, 0.25) is 0 Å². The zero-order chi connectivity index (χ0) is 10.8. The summed E-state index contributed by atoms with van der Waals surface area (Å²) >= 11 is 0. The van der Waals surface area contributed by atoms with E-state index < -0.39 is 0 Å². The minimum Gasteiger partial charge on any atom is -0.502 e. The second kappa shape index (κ2) is 30.3. The van der Waals surface area contributed by atoms with Gasteiger partial charge in [-0.2, -0.15) is 6.42 Å². The average molecular weight is 853 g/mol. The normalized spacial score (nSPS) is 12.9. The van der Waals surface area contributed by atoms with Crippen molar-refractivity contribution in [2.45, 2.75) is 59.1 Å². The zero-order valence-electron chi connectivity index (χ0n) is 13.6. The molecule has 2 aliphatic carbocycles. The Morgan fingerprint density at radius 1 is 0.875 bits per heavy atom. The summed E-state index contributed by atoms with van der Waals surface area (Å²) in [6, 6.07) is 0. The van der Waals surface area contributed by atoms with Crippen molar-refractivity contribution in [2.75, 3.05) is 0 Å². The maximum absolute atomic E-state index is 4.04. The average Bonchev–Trinajstić information content (AvgIpc) is 2.65. The Kier molecular flexibility index (Phi) is 66.7. The van der Waals surface area contributed by atoms with Gasteiger partial charge in [0, 0.05) is 236 Å². The molecule has 0 fully saturated rings. The van der Waals surface area contributed by atoms with Gasteiger partial charge < -0.3 is 32.7 Å². The van der Waals surface area contributed by atoms with Crippen molar-refractivity contribution in [1.82, 2.24) is 0 Å². The molecule has 0 saturated carbocycles. The van der Waals surface area contributed by atoms with Crippen LogP contribution in [0.2, 0.25) is 12.1 Å². The summed E-state index contributed by atoms with van der Waals surface area (Å²) in [5.74, 6) is 0.216. The number of allylic oxidation sites excluding steroid dienone is 4. The van der Waals surface area contributed by atoms with Gasteiger partial charge >= 0.3 is 0 Å². The molecular formula is C16H27BY7-4. The number of hydrogen-bond acceptors (Lipinski definition) is 0. The summed E-state index contributed by atoms with van der Waals surface area (Å²) in [6.45, 7) is 12.5. The first-order chi connectivity index (χ1) is 7.22. The number of rotatable bonds is 3. The Morgan fingerprint density at radius 2 is 1.33 bits per heavy atom. The van der Waals surface area contributed by atoms with Crippen molar-refractivity contribution < 1.29 is 229 Å². The predicted octanol–water partition coefficient (Wildman–Crippen LogP) is 5.15. The van der Waals surface area contributed by atoms with Gasteiger partial charge in [0.05, 0.1) is 0 Å². The van der Waals surface area contributed by atoms with E-state index in [1.54, 1.807) is 11.1 Å². The maximum Gasteiger partial charge on any atom is 0.0448 e. The van der Waals surface area contributed by atoms with E-state index in [0.29, 0.717) is 6.71 Å². The van der Waals surface area contributed by atoms with E-state index in [4.69, 9.17) is 0 Å². The molecule has 0 unspecified atom stereocenters. The van der Waals surface area contributed by atoms with Gasteiger partial charge in [-0.15, -0.1) is 0 Å². The van der Waals surface area contributed by atoms with E-state index in [1.165, 1.54) is 24.7 Å². The molecule has 0 spiro atoms. The van der Waals surface area contributed by atoms with Crippen molar-refractivity contribution in [3.8, 4) is 0 Å². The minimum absolute atomic E-state index is 0. The first-order valence-corrected chi connectivity index (χ1v) is 5.97. The second-order valence-electron chi connectivity index (χ2n) is 4.77. The van der Waals surface area contributed by atoms with Crippen LogP contribution in [0.3, 0.4) is 0 Å². The molecule has 0 aromatic carbocycles. The van der Waals surface area contributed by atoms with Crippen LogP contribution >= 0.6 is 0 Å².